The number of rotatable bonds is 11. The summed E-state index contributed by atoms with van der Waals surface area (Å²) in [5.41, 5.74) is 8.40. The van der Waals surface area contributed by atoms with Crippen molar-refractivity contribution in [3.63, 3.8) is 0 Å². The third kappa shape index (κ3) is 6.18. The monoisotopic (exact) mass is 473 g/mol. The van der Waals surface area contributed by atoms with Gasteiger partial charge in [-0.2, -0.15) is 0 Å². The molecular weight excluding hydrogens is 446 g/mol. The summed E-state index contributed by atoms with van der Waals surface area (Å²) >= 11 is 0. The molecule has 0 fully saturated rings. The van der Waals surface area contributed by atoms with Crippen LogP contribution in [0.25, 0.3) is 10.9 Å². The smallest absolute Gasteiger partial charge is 0.320 e. The molecule has 8 heteroatoms. The van der Waals surface area contributed by atoms with E-state index < -0.39 is 12.0 Å². The number of nitrogens with one attached hydrogen (secondary N) is 1. The Bertz CT molecular complexity index is 1280. The summed E-state index contributed by atoms with van der Waals surface area (Å²) in [6, 6.07) is 22.3. The quantitative estimate of drug-likeness (QED) is 0.284. The molecule has 4 N–H and O–H groups in total. The number of benzene rings is 3. The summed E-state index contributed by atoms with van der Waals surface area (Å²) in [6.07, 6.45) is 1.83. The number of carboxylic acid groups (broad SMARTS) is 1. The van der Waals surface area contributed by atoms with E-state index in [1.165, 1.54) is 12.7 Å². The lowest BCUT2D eigenvalue weighted by atomic mass is 10.1. The Labute approximate surface area is 203 Å². The summed E-state index contributed by atoms with van der Waals surface area (Å²) in [7, 11) is 1.54. The van der Waals surface area contributed by atoms with Crippen LogP contribution in [0, 0.1) is 0 Å². The molecule has 0 saturated carbocycles. The van der Waals surface area contributed by atoms with Gasteiger partial charge in [-0.1, -0.05) is 30.3 Å². The Morgan fingerprint density at radius 3 is 2.51 bits per heavy atom. The van der Waals surface area contributed by atoms with Gasteiger partial charge in [-0.15, -0.1) is 0 Å². The number of carboxylic acids is 1. The van der Waals surface area contributed by atoms with Gasteiger partial charge in [0.05, 0.1) is 19.2 Å². The van der Waals surface area contributed by atoms with Gasteiger partial charge < -0.3 is 30.4 Å². The second kappa shape index (κ2) is 11.2. The van der Waals surface area contributed by atoms with E-state index in [0.29, 0.717) is 28.5 Å². The number of nitrogens with two attached hydrogens (primary N) is 1. The Kier molecular flexibility index (Phi) is 7.64. The Morgan fingerprint density at radius 2 is 1.80 bits per heavy atom. The molecule has 0 radical (unpaired) electrons. The van der Waals surface area contributed by atoms with Gasteiger partial charge >= 0.3 is 5.97 Å². The van der Waals surface area contributed by atoms with Crippen LogP contribution >= 0.6 is 0 Å². The highest BCUT2D eigenvalue weighted by molar-refractivity contribution is 5.88. The number of aliphatic carboxylic acids is 1. The first-order valence-electron chi connectivity index (χ1n) is 11.2. The molecule has 1 heterocycles. The fourth-order valence-electron chi connectivity index (χ4n) is 3.48. The third-order valence-corrected chi connectivity index (χ3v) is 5.41. The molecule has 0 aliphatic rings. The number of aromatic nitrogens is 1. The SMILES string of the molecule is COc1cc2c(Oc3ccc(NCc4ccccc4)cc3)ccnc2cc1OCCC(N)C(=O)O. The predicted octanol–water partition coefficient (Wildman–Crippen LogP) is 4.83. The maximum atomic E-state index is 10.9. The molecule has 4 aromatic rings. The van der Waals surface area contributed by atoms with E-state index in [9.17, 15) is 4.79 Å². The van der Waals surface area contributed by atoms with Crippen molar-refractivity contribution >= 4 is 22.6 Å². The normalized spacial score (nSPS) is 11.6. The number of carbonyl (C=O) groups is 1. The molecule has 4 rings (SSSR count). The zero-order valence-corrected chi connectivity index (χ0v) is 19.3. The summed E-state index contributed by atoms with van der Waals surface area (Å²) in [5, 5.41) is 13.1. The molecule has 1 aromatic heterocycles. The minimum absolute atomic E-state index is 0.135. The van der Waals surface area contributed by atoms with Crippen molar-refractivity contribution in [1.82, 2.24) is 4.98 Å². The van der Waals surface area contributed by atoms with Crippen LogP contribution in [-0.4, -0.2) is 35.8 Å². The van der Waals surface area contributed by atoms with Gasteiger partial charge in [-0.25, -0.2) is 0 Å². The molecule has 35 heavy (non-hydrogen) atoms. The summed E-state index contributed by atoms with van der Waals surface area (Å²) in [4.78, 5) is 15.3. The van der Waals surface area contributed by atoms with Crippen LogP contribution in [0.3, 0.4) is 0 Å². The van der Waals surface area contributed by atoms with Crippen molar-refractivity contribution in [2.75, 3.05) is 19.0 Å². The van der Waals surface area contributed by atoms with Gasteiger partial charge in [0.2, 0.25) is 0 Å². The van der Waals surface area contributed by atoms with Gasteiger partial charge in [0.15, 0.2) is 11.5 Å². The zero-order valence-electron chi connectivity index (χ0n) is 19.3. The van der Waals surface area contributed by atoms with Gasteiger partial charge in [0.25, 0.3) is 0 Å². The highest BCUT2D eigenvalue weighted by atomic mass is 16.5. The van der Waals surface area contributed by atoms with Crippen LogP contribution < -0.4 is 25.3 Å². The lowest BCUT2D eigenvalue weighted by Crippen LogP contribution is -2.31. The molecule has 0 aliphatic heterocycles. The van der Waals surface area contributed by atoms with E-state index in [1.54, 1.807) is 24.4 Å². The summed E-state index contributed by atoms with van der Waals surface area (Å²) in [6.45, 7) is 0.874. The van der Waals surface area contributed by atoms with Crippen LogP contribution in [-0.2, 0) is 11.3 Å². The second-order valence-electron chi connectivity index (χ2n) is 7.88. The standard InChI is InChI=1S/C27H27N3O5/c1-33-25-15-21-23(16-26(25)34-14-12-22(28)27(31)32)29-13-11-24(21)35-20-9-7-19(8-10-20)30-17-18-5-3-2-4-6-18/h2-11,13,15-16,22,30H,12,14,17,28H2,1H3,(H,31,32). The molecule has 1 atom stereocenters. The number of methoxy groups -OCH3 is 1. The van der Waals surface area contributed by atoms with Crippen molar-refractivity contribution in [1.29, 1.82) is 0 Å². The van der Waals surface area contributed by atoms with Crippen LogP contribution in [0.15, 0.2) is 79.0 Å². The average molecular weight is 474 g/mol. The number of nitrogens with zero attached hydrogens (tertiary/aromatic N) is 1. The van der Waals surface area contributed by atoms with E-state index in [2.05, 4.69) is 22.4 Å². The van der Waals surface area contributed by atoms with E-state index in [0.717, 1.165) is 17.6 Å². The molecule has 1 unspecified atom stereocenters. The van der Waals surface area contributed by atoms with Crippen molar-refractivity contribution in [2.45, 2.75) is 19.0 Å². The predicted molar refractivity (Wildman–Crippen MR) is 134 cm³/mol. The first-order chi connectivity index (χ1) is 17.0. The highest BCUT2D eigenvalue weighted by Crippen LogP contribution is 2.37. The largest absolute Gasteiger partial charge is 0.493 e. The first-order valence-corrected chi connectivity index (χ1v) is 11.2. The summed E-state index contributed by atoms with van der Waals surface area (Å²) < 4.78 is 17.3. The molecule has 3 aromatic carbocycles. The molecule has 0 saturated heterocycles. The van der Waals surface area contributed by atoms with E-state index in [1.807, 2.05) is 42.5 Å². The average Bonchev–Trinajstić information content (AvgIpc) is 2.88. The molecule has 0 aliphatic carbocycles. The number of ether oxygens (including phenoxy) is 3. The topological polar surface area (TPSA) is 116 Å². The number of hydrogen-bond acceptors (Lipinski definition) is 7. The van der Waals surface area contributed by atoms with Crippen molar-refractivity contribution in [3.05, 3.63) is 84.6 Å². The van der Waals surface area contributed by atoms with Crippen molar-refractivity contribution < 1.29 is 24.1 Å². The number of anilines is 1. The first kappa shape index (κ1) is 23.8. The van der Waals surface area contributed by atoms with Crippen LogP contribution in [0.4, 0.5) is 5.69 Å². The lowest BCUT2D eigenvalue weighted by molar-refractivity contribution is -0.138. The summed E-state index contributed by atoms with van der Waals surface area (Å²) in [5.74, 6) is 1.18. The molecule has 180 valence electrons. The Hall–Kier alpha value is -4.30. The Morgan fingerprint density at radius 1 is 1.03 bits per heavy atom. The zero-order chi connectivity index (χ0) is 24.6. The van der Waals surface area contributed by atoms with Gasteiger partial charge in [0, 0.05) is 36.3 Å². The molecule has 0 spiro atoms. The fraction of sp³-hybridized carbons (Fsp3) is 0.185. The van der Waals surface area contributed by atoms with Gasteiger partial charge in [0.1, 0.15) is 17.5 Å². The van der Waals surface area contributed by atoms with Crippen LogP contribution in [0.5, 0.6) is 23.0 Å². The highest BCUT2D eigenvalue weighted by Gasteiger charge is 2.15. The number of fused-ring (bicyclic) bond motifs is 1. The van der Waals surface area contributed by atoms with Crippen molar-refractivity contribution in [2.24, 2.45) is 5.73 Å². The third-order valence-electron chi connectivity index (χ3n) is 5.41. The van der Waals surface area contributed by atoms with E-state index >= 15 is 0 Å². The second-order valence-corrected chi connectivity index (χ2v) is 7.88. The molecule has 8 nitrogen and oxygen atoms in total. The molecular formula is C27H27N3O5. The number of hydrogen-bond donors (Lipinski definition) is 3. The fourth-order valence-corrected chi connectivity index (χ4v) is 3.48. The minimum atomic E-state index is -1.07. The molecule has 0 bridgehead atoms. The lowest BCUT2D eigenvalue weighted by Gasteiger charge is -2.15. The van der Waals surface area contributed by atoms with E-state index in [-0.39, 0.29) is 13.0 Å². The maximum absolute atomic E-state index is 10.9. The van der Waals surface area contributed by atoms with Crippen LogP contribution in [0.2, 0.25) is 0 Å². The Balaban J connectivity index is 1.46. The number of pyridine rings is 1. The van der Waals surface area contributed by atoms with Crippen molar-refractivity contribution in [3.8, 4) is 23.0 Å². The van der Waals surface area contributed by atoms with Gasteiger partial charge in [-0.3, -0.25) is 9.78 Å². The minimum Gasteiger partial charge on any atom is -0.493 e. The maximum Gasteiger partial charge on any atom is 0.320 e. The van der Waals surface area contributed by atoms with Gasteiger partial charge in [-0.05, 0) is 42.0 Å². The van der Waals surface area contributed by atoms with E-state index in [4.69, 9.17) is 25.1 Å². The molecule has 0 amide bonds. The van der Waals surface area contributed by atoms with Crippen LogP contribution in [0.1, 0.15) is 12.0 Å².